The van der Waals surface area contributed by atoms with E-state index in [1.54, 1.807) is 6.92 Å². The van der Waals surface area contributed by atoms with Gasteiger partial charge in [-0.2, -0.15) is 0 Å². The van der Waals surface area contributed by atoms with Crippen molar-refractivity contribution in [3.8, 4) is 0 Å². The summed E-state index contributed by atoms with van der Waals surface area (Å²) in [4.78, 5) is 30.9. The molecule has 0 saturated carbocycles. The molecule has 0 aromatic rings. The van der Waals surface area contributed by atoms with Crippen LogP contribution in [0.4, 0.5) is 4.79 Å². The monoisotopic (exact) mass is 293 g/mol. The molecule has 1 amide bonds. The third-order valence-electron chi connectivity index (χ3n) is 2.99. The fraction of sp³-hybridized carbons (Fsp3) is 0.923. The second kappa shape index (κ2) is 8.03. The third kappa shape index (κ3) is 7.71. The number of carbonyl (C=O) groups excluding carboxylic acids is 1. The van der Waals surface area contributed by atoms with Crippen LogP contribution in [0, 0.1) is 17.8 Å². The lowest BCUT2D eigenvalue weighted by molar-refractivity contribution is 0.192. The first-order valence-electron chi connectivity index (χ1n) is 6.92. The first-order chi connectivity index (χ1) is 8.57. The van der Waals surface area contributed by atoms with Crippen LogP contribution in [0.5, 0.6) is 0 Å². The van der Waals surface area contributed by atoms with E-state index < -0.39 is 13.2 Å². The molecule has 0 aromatic carbocycles. The van der Waals surface area contributed by atoms with E-state index in [9.17, 15) is 9.36 Å². The van der Waals surface area contributed by atoms with Crippen molar-refractivity contribution in [1.82, 2.24) is 4.90 Å². The maximum atomic E-state index is 11.7. The first kappa shape index (κ1) is 18.6. The van der Waals surface area contributed by atoms with Crippen LogP contribution >= 0.6 is 7.60 Å². The lowest BCUT2D eigenvalue weighted by Gasteiger charge is -2.28. The molecule has 19 heavy (non-hydrogen) atoms. The van der Waals surface area contributed by atoms with Crippen LogP contribution in [0.3, 0.4) is 0 Å². The van der Waals surface area contributed by atoms with Gasteiger partial charge in [-0.25, -0.2) is 4.57 Å². The Morgan fingerprint density at radius 2 is 1.53 bits per heavy atom. The average Bonchev–Trinajstić information content (AvgIpc) is 2.21. The summed E-state index contributed by atoms with van der Waals surface area (Å²) in [6.07, 6.45) is 1.92. The van der Waals surface area contributed by atoms with Gasteiger partial charge >= 0.3 is 13.2 Å². The topological polar surface area (TPSA) is 77.8 Å². The summed E-state index contributed by atoms with van der Waals surface area (Å²) in [5.74, 6) is 1.30. The number of amides is 1. The Balaban J connectivity index is 4.77. The van der Waals surface area contributed by atoms with Crippen molar-refractivity contribution in [3.63, 3.8) is 0 Å². The molecule has 0 spiro atoms. The zero-order valence-electron chi connectivity index (χ0n) is 12.7. The molecule has 6 heteroatoms. The normalized spacial score (nSPS) is 12.5. The summed E-state index contributed by atoms with van der Waals surface area (Å²) in [6.45, 7) is 11.0. The van der Waals surface area contributed by atoms with Gasteiger partial charge in [0.05, 0.1) is 0 Å². The van der Waals surface area contributed by atoms with E-state index >= 15 is 0 Å². The van der Waals surface area contributed by atoms with Gasteiger partial charge in [-0.05, 0) is 37.5 Å². The molecule has 2 N–H and O–H groups in total. The Morgan fingerprint density at radius 3 is 1.79 bits per heavy atom. The van der Waals surface area contributed by atoms with E-state index in [0.29, 0.717) is 24.9 Å². The van der Waals surface area contributed by atoms with Crippen LogP contribution in [0.2, 0.25) is 0 Å². The van der Waals surface area contributed by atoms with Crippen molar-refractivity contribution in [3.05, 3.63) is 0 Å². The highest BCUT2D eigenvalue weighted by atomic mass is 31.2. The molecule has 114 valence electrons. The smallest absolute Gasteiger partial charge is 0.332 e. The minimum absolute atomic E-state index is 0.287. The van der Waals surface area contributed by atoms with Crippen LogP contribution in [-0.4, -0.2) is 33.4 Å². The SMILES string of the molecule is CCN(CC(CC(C)C)CC(C)C)C(=O)P(=O)(O)O. The van der Waals surface area contributed by atoms with E-state index in [0.717, 1.165) is 12.8 Å². The van der Waals surface area contributed by atoms with Gasteiger partial charge in [0, 0.05) is 13.1 Å². The molecule has 0 heterocycles. The summed E-state index contributed by atoms with van der Waals surface area (Å²) in [7, 11) is -4.67. The fourth-order valence-corrected chi connectivity index (χ4v) is 3.01. The number of nitrogens with zero attached hydrogens (tertiary/aromatic N) is 1. The van der Waals surface area contributed by atoms with Crippen LogP contribution in [0.15, 0.2) is 0 Å². The quantitative estimate of drug-likeness (QED) is 0.673. The van der Waals surface area contributed by atoms with E-state index in [4.69, 9.17) is 9.79 Å². The number of rotatable bonds is 8. The van der Waals surface area contributed by atoms with Gasteiger partial charge in [0.25, 0.3) is 0 Å². The van der Waals surface area contributed by atoms with Crippen LogP contribution < -0.4 is 0 Å². The minimum Gasteiger partial charge on any atom is -0.332 e. The number of carbonyl (C=O) groups is 1. The highest BCUT2D eigenvalue weighted by Gasteiger charge is 2.32. The zero-order valence-corrected chi connectivity index (χ0v) is 13.6. The molecule has 0 aromatic heterocycles. The molecular weight excluding hydrogens is 265 g/mol. The summed E-state index contributed by atoms with van der Waals surface area (Å²) >= 11 is 0. The van der Waals surface area contributed by atoms with Gasteiger partial charge in [-0.1, -0.05) is 27.7 Å². The first-order valence-corrected chi connectivity index (χ1v) is 8.54. The Bertz CT molecular complexity index is 315. The Kier molecular flexibility index (Phi) is 7.87. The second-order valence-corrected chi connectivity index (χ2v) is 7.46. The van der Waals surface area contributed by atoms with Gasteiger partial charge in [-0.3, -0.25) is 4.79 Å². The van der Waals surface area contributed by atoms with Crippen molar-refractivity contribution in [1.29, 1.82) is 0 Å². The molecule has 0 radical (unpaired) electrons. The summed E-state index contributed by atoms with van der Waals surface area (Å²) in [5.41, 5.74) is -1.05. The molecular formula is C13H28NO4P. The van der Waals surface area contributed by atoms with Gasteiger partial charge in [-0.15, -0.1) is 0 Å². The van der Waals surface area contributed by atoms with Crippen molar-refractivity contribution in [2.45, 2.75) is 47.5 Å². The molecule has 0 aliphatic carbocycles. The van der Waals surface area contributed by atoms with Gasteiger partial charge in [0.1, 0.15) is 0 Å². The molecule has 0 atom stereocenters. The largest absolute Gasteiger partial charge is 0.413 e. The maximum absolute atomic E-state index is 11.7. The van der Waals surface area contributed by atoms with E-state index in [-0.39, 0.29) is 5.92 Å². The second-order valence-electron chi connectivity index (χ2n) is 5.99. The van der Waals surface area contributed by atoms with Crippen LogP contribution in [0.25, 0.3) is 0 Å². The molecule has 0 rings (SSSR count). The van der Waals surface area contributed by atoms with E-state index in [2.05, 4.69) is 27.7 Å². The van der Waals surface area contributed by atoms with Crippen LogP contribution in [0.1, 0.15) is 47.5 Å². The summed E-state index contributed by atoms with van der Waals surface area (Å²) in [6, 6.07) is 0. The predicted octanol–water partition coefficient (Wildman–Crippen LogP) is 3.31. The van der Waals surface area contributed by atoms with Crippen molar-refractivity contribution in [2.75, 3.05) is 13.1 Å². The number of hydrogen-bond acceptors (Lipinski definition) is 2. The lowest BCUT2D eigenvalue weighted by atomic mass is 9.89. The van der Waals surface area contributed by atoms with Gasteiger partial charge in [0.15, 0.2) is 0 Å². The van der Waals surface area contributed by atoms with E-state index in [1.165, 1.54) is 4.90 Å². The van der Waals surface area contributed by atoms with Gasteiger partial charge in [0.2, 0.25) is 0 Å². The Labute approximate surface area is 116 Å². The molecule has 0 aliphatic rings. The standard InChI is InChI=1S/C13H28NO4P/c1-6-14(13(15)19(16,17)18)9-12(7-10(2)3)8-11(4)5/h10-12H,6-9H2,1-5H3,(H2,16,17,18). The highest BCUT2D eigenvalue weighted by Crippen LogP contribution is 2.38. The lowest BCUT2D eigenvalue weighted by Crippen LogP contribution is -2.35. The predicted molar refractivity (Wildman–Crippen MR) is 77.1 cm³/mol. The highest BCUT2D eigenvalue weighted by molar-refractivity contribution is 7.69. The summed E-state index contributed by atoms with van der Waals surface area (Å²) < 4.78 is 11.1. The van der Waals surface area contributed by atoms with Crippen molar-refractivity contribution in [2.24, 2.45) is 17.8 Å². The molecule has 0 bridgehead atoms. The van der Waals surface area contributed by atoms with E-state index in [1.807, 2.05) is 0 Å². The minimum atomic E-state index is -4.67. The Hall–Kier alpha value is -0.380. The van der Waals surface area contributed by atoms with Crippen molar-refractivity contribution >= 4 is 13.2 Å². The molecule has 0 unspecified atom stereocenters. The molecule has 0 saturated heterocycles. The number of hydrogen-bond donors (Lipinski definition) is 2. The summed E-state index contributed by atoms with van der Waals surface area (Å²) in [5, 5.41) is 0. The van der Waals surface area contributed by atoms with Gasteiger partial charge < -0.3 is 14.7 Å². The molecule has 0 fully saturated rings. The zero-order chi connectivity index (χ0) is 15.2. The molecule has 0 aliphatic heterocycles. The van der Waals surface area contributed by atoms with Crippen LogP contribution in [-0.2, 0) is 4.57 Å². The maximum Gasteiger partial charge on any atom is 0.413 e. The van der Waals surface area contributed by atoms with Crippen molar-refractivity contribution < 1.29 is 19.1 Å². The molecule has 5 nitrogen and oxygen atoms in total. The Morgan fingerprint density at radius 1 is 1.11 bits per heavy atom. The fourth-order valence-electron chi connectivity index (χ4n) is 2.42. The third-order valence-corrected chi connectivity index (χ3v) is 3.77. The average molecular weight is 293 g/mol.